The molecule has 0 fully saturated rings. The van der Waals surface area contributed by atoms with Gasteiger partial charge in [0, 0.05) is 0 Å². The Morgan fingerprint density at radius 1 is 1.43 bits per heavy atom. The summed E-state index contributed by atoms with van der Waals surface area (Å²) in [7, 11) is 0. The van der Waals surface area contributed by atoms with Crippen LogP contribution in [-0.4, -0.2) is 22.1 Å². The van der Waals surface area contributed by atoms with Crippen LogP contribution in [0.1, 0.15) is 35.9 Å². The van der Waals surface area contributed by atoms with E-state index in [1.165, 1.54) is 0 Å². The standard InChI is InChI=1S/C16H15BrN2O2/c1-3-4-10-21-16(20)14-15(17)18-11-19(14)12(2)13-8-6-5-7-9-13/h5-9,11-12H,10H2,1-2H3/t12-/m1/s1. The lowest BCUT2D eigenvalue weighted by molar-refractivity contribution is 0.0542. The molecule has 1 atom stereocenters. The van der Waals surface area contributed by atoms with Crippen LogP contribution in [0.5, 0.6) is 0 Å². The Hall–Kier alpha value is -2.06. The van der Waals surface area contributed by atoms with Crippen molar-refractivity contribution in [3.8, 4) is 11.8 Å². The van der Waals surface area contributed by atoms with Crippen molar-refractivity contribution in [2.45, 2.75) is 19.9 Å². The molecule has 0 saturated heterocycles. The zero-order valence-electron chi connectivity index (χ0n) is 11.8. The largest absolute Gasteiger partial charge is 0.448 e. The molecule has 4 nitrogen and oxygen atoms in total. The molecular weight excluding hydrogens is 332 g/mol. The van der Waals surface area contributed by atoms with Crippen LogP contribution in [0.2, 0.25) is 0 Å². The van der Waals surface area contributed by atoms with Gasteiger partial charge in [-0.25, -0.2) is 9.78 Å². The van der Waals surface area contributed by atoms with Crippen LogP contribution in [0, 0.1) is 11.8 Å². The number of hydrogen-bond donors (Lipinski definition) is 0. The first-order valence-corrected chi connectivity index (χ1v) is 7.28. The highest BCUT2D eigenvalue weighted by atomic mass is 79.9. The number of nitrogens with zero attached hydrogens (tertiary/aromatic N) is 2. The van der Waals surface area contributed by atoms with E-state index in [1.54, 1.807) is 17.8 Å². The topological polar surface area (TPSA) is 44.1 Å². The normalized spacial score (nSPS) is 11.4. The molecule has 2 rings (SSSR count). The number of carbonyl (C=O) groups is 1. The number of rotatable bonds is 4. The van der Waals surface area contributed by atoms with E-state index in [2.05, 4.69) is 32.8 Å². The van der Waals surface area contributed by atoms with Gasteiger partial charge in [0.25, 0.3) is 0 Å². The van der Waals surface area contributed by atoms with E-state index in [0.717, 1.165) is 5.56 Å². The van der Waals surface area contributed by atoms with Gasteiger partial charge in [0.05, 0.1) is 12.4 Å². The second-order valence-electron chi connectivity index (χ2n) is 4.38. The number of benzene rings is 1. The van der Waals surface area contributed by atoms with Gasteiger partial charge in [-0.05, 0) is 35.3 Å². The number of hydrogen-bond acceptors (Lipinski definition) is 3. The maximum absolute atomic E-state index is 12.2. The fourth-order valence-electron chi connectivity index (χ4n) is 1.96. The average Bonchev–Trinajstić information content (AvgIpc) is 2.89. The molecule has 5 heteroatoms. The molecule has 0 radical (unpaired) electrons. The summed E-state index contributed by atoms with van der Waals surface area (Å²) >= 11 is 3.30. The maximum Gasteiger partial charge on any atom is 0.358 e. The molecule has 0 bridgehead atoms. The highest BCUT2D eigenvalue weighted by Crippen LogP contribution is 2.24. The molecule has 0 aliphatic heterocycles. The van der Waals surface area contributed by atoms with Crippen molar-refractivity contribution in [2.75, 3.05) is 6.61 Å². The number of esters is 1. The Bertz CT molecular complexity index is 683. The third kappa shape index (κ3) is 3.53. The molecule has 108 valence electrons. The SMILES string of the molecule is CC#CCOC(=O)c1c(Br)ncn1[C@H](C)c1ccccc1. The second kappa shape index (κ2) is 7.09. The molecular formula is C16H15BrN2O2. The van der Waals surface area contributed by atoms with E-state index in [0.29, 0.717) is 10.3 Å². The van der Waals surface area contributed by atoms with Gasteiger partial charge < -0.3 is 9.30 Å². The minimum atomic E-state index is -0.440. The Kier molecular flexibility index (Phi) is 5.18. The zero-order valence-corrected chi connectivity index (χ0v) is 13.4. The molecule has 1 aromatic heterocycles. The second-order valence-corrected chi connectivity index (χ2v) is 5.13. The molecule has 0 saturated carbocycles. The van der Waals surface area contributed by atoms with Crippen molar-refractivity contribution in [1.82, 2.24) is 9.55 Å². The van der Waals surface area contributed by atoms with E-state index in [1.807, 2.05) is 37.3 Å². The highest BCUT2D eigenvalue weighted by Gasteiger charge is 2.22. The predicted octanol–water partition coefficient (Wildman–Crippen LogP) is 3.44. The minimum Gasteiger partial charge on any atom is -0.448 e. The van der Waals surface area contributed by atoms with Crippen LogP contribution in [0.25, 0.3) is 0 Å². The van der Waals surface area contributed by atoms with Gasteiger partial charge in [-0.2, -0.15) is 0 Å². The lowest BCUT2D eigenvalue weighted by atomic mass is 10.1. The predicted molar refractivity (Wildman–Crippen MR) is 83.9 cm³/mol. The van der Waals surface area contributed by atoms with Gasteiger partial charge in [0.2, 0.25) is 0 Å². The summed E-state index contributed by atoms with van der Waals surface area (Å²) in [5, 5.41) is 0. The lowest BCUT2D eigenvalue weighted by Crippen LogP contribution is -2.16. The van der Waals surface area contributed by atoms with Crippen molar-refractivity contribution >= 4 is 21.9 Å². The Labute approximate surface area is 132 Å². The van der Waals surface area contributed by atoms with E-state index in [4.69, 9.17) is 4.74 Å². The Balaban J connectivity index is 2.29. The Morgan fingerprint density at radius 2 is 2.14 bits per heavy atom. The number of carbonyl (C=O) groups excluding carboxylic acids is 1. The van der Waals surface area contributed by atoms with E-state index in [9.17, 15) is 4.79 Å². The average molecular weight is 347 g/mol. The first-order valence-electron chi connectivity index (χ1n) is 6.49. The molecule has 21 heavy (non-hydrogen) atoms. The zero-order chi connectivity index (χ0) is 15.2. The van der Waals surface area contributed by atoms with Crippen LogP contribution in [0.3, 0.4) is 0 Å². The maximum atomic E-state index is 12.2. The van der Waals surface area contributed by atoms with E-state index < -0.39 is 5.97 Å². The van der Waals surface area contributed by atoms with Crippen LogP contribution in [0.4, 0.5) is 0 Å². The van der Waals surface area contributed by atoms with Gasteiger partial charge in [-0.15, -0.1) is 5.92 Å². The molecule has 1 aromatic carbocycles. The van der Waals surface area contributed by atoms with Crippen molar-refractivity contribution < 1.29 is 9.53 Å². The van der Waals surface area contributed by atoms with Crippen LogP contribution < -0.4 is 0 Å². The molecule has 2 aromatic rings. The molecule has 0 N–H and O–H groups in total. The third-order valence-corrected chi connectivity index (χ3v) is 3.67. The molecule has 0 aliphatic carbocycles. The number of imidazole rings is 1. The first-order chi connectivity index (χ1) is 10.1. The number of ether oxygens (including phenoxy) is 1. The summed E-state index contributed by atoms with van der Waals surface area (Å²) < 4.78 is 7.40. The van der Waals surface area contributed by atoms with Gasteiger partial charge in [-0.1, -0.05) is 36.3 Å². The molecule has 0 unspecified atom stereocenters. The molecule has 0 aliphatic rings. The first kappa shape index (κ1) is 15.3. The molecule has 0 spiro atoms. The number of aromatic nitrogens is 2. The minimum absolute atomic E-state index is 0.0233. The smallest absolute Gasteiger partial charge is 0.358 e. The van der Waals surface area contributed by atoms with Crippen molar-refractivity contribution in [2.24, 2.45) is 0 Å². The lowest BCUT2D eigenvalue weighted by Gasteiger charge is -2.16. The summed E-state index contributed by atoms with van der Waals surface area (Å²) in [6, 6.07) is 9.88. The van der Waals surface area contributed by atoms with Crippen molar-refractivity contribution in [1.29, 1.82) is 0 Å². The quantitative estimate of drug-likeness (QED) is 0.629. The van der Waals surface area contributed by atoms with Crippen molar-refractivity contribution in [3.63, 3.8) is 0 Å². The molecule has 0 amide bonds. The van der Waals surface area contributed by atoms with Crippen LogP contribution in [-0.2, 0) is 4.74 Å². The summed E-state index contributed by atoms with van der Waals surface area (Å²) in [4.78, 5) is 16.3. The summed E-state index contributed by atoms with van der Waals surface area (Å²) in [6.07, 6.45) is 1.63. The van der Waals surface area contributed by atoms with Crippen molar-refractivity contribution in [3.05, 3.63) is 52.5 Å². The van der Waals surface area contributed by atoms with Gasteiger partial charge in [0.15, 0.2) is 12.3 Å². The Morgan fingerprint density at radius 3 is 2.81 bits per heavy atom. The van der Waals surface area contributed by atoms with Gasteiger partial charge >= 0.3 is 5.97 Å². The molecule has 1 heterocycles. The number of halogens is 1. The van der Waals surface area contributed by atoms with Crippen LogP contribution in [0.15, 0.2) is 41.3 Å². The highest BCUT2D eigenvalue weighted by molar-refractivity contribution is 9.10. The van der Waals surface area contributed by atoms with Gasteiger partial charge in [-0.3, -0.25) is 0 Å². The summed E-state index contributed by atoms with van der Waals surface area (Å²) in [6.45, 7) is 3.78. The van der Waals surface area contributed by atoms with E-state index in [-0.39, 0.29) is 12.6 Å². The van der Waals surface area contributed by atoms with E-state index >= 15 is 0 Å². The van der Waals surface area contributed by atoms with Gasteiger partial charge in [0.1, 0.15) is 4.60 Å². The fourth-order valence-corrected chi connectivity index (χ4v) is 2.41. The summed E-state index contributed by atoms with van der Waals surface area (Å²) in [5.74, 6) is 4.95. The van der Waals surface area contributed by atoms with Crippen LogP contribution >= 0.6 is 15.9 Å². The third-order valence-electron chi connectivity index (χ3n) is 3.09. The monoisotopic (exact) mass is 346 g/mol. The fraction of sp³-hybridized carbons (Fsp3) is 0.250. The summed E-state index contributed by atoms with van der Waals surface area (Å²) in [5.41, 5.74) is 1.48.